The van der Waals surface area contributed by atoms with E-state index in [0.717, 1.165) is 30.2 Å². The highest BCUT2D eigenvalue weighted by Crippen LogP contribution is 2.47. The number of fused-ring (bicyclic) bond motifs is 1. The number of aliphatic hydroxyl groups is 1. The number of carbonyl (C=O) groups excluding carboxylic acids is 1. The van der Waals surface area contributed by atoms with Gasteiger partial charge in [-0.05, 0) is 30.7 Å². The van der Waals surface area contributed by atoms with Crippen LogP contribution in [0.2, 0.25) is 0 Å². The van der Waals surface area contributed by atoms with Crippen LogP contribution in [0, 0.1) is 5.41 Å². The first kappa shape index (κ1) is 13.1. The molecule has 2 N–H and O–H groups in total. The number of nitrogens with one attached hydrogen (secondary N) is 1. The monoisotopic (exact) mass is 273 g/mol. The maximum absolute atomic E-state index is 12.3. The van der Waals surface area contributed by atoms with Gasteiger partial charge in [-0.25, -0.2) is 0 Å². The van der Waals surface area contributed by atoms with Crippen molar-refractivity contribution in [2.45, 2.75) is 19.3 Å². The third-order valence-corrected chi connectivity index (χ3v) is 4.20. The Bertz CT molecular complexity index is 644. The number of benzene rings is 1. The van der Waals surface area contributed by atoms with E-state index >= 15 is 0 Å². The second-order valence-electron chi connectivity index (χ2n) is 5.65. The third kappa shape index (κ3) is 2.29. The first-order valence-electron chi connectivity index (χ1n) is 6.96. The lowest BCUT2D eigenvalue weighted by Gasteiger charge is -2.13. The van der Waals surface area contributed by atoms with Crippen molar-refractivity contribution in [1.82, 2.24) is 15.1 Å². The van der Waals surface area contributed by atoms with Crippen LogP contribution in [0.3, 0.4) is 0 Å². The molecule has 1 aromatic carbocycles. The lowest BCUT2D eigenvalue weighted by molar-refractivity contribution is 0.0936. The van der Waals surface area contributed by atoms with Gasteiger partial charge in [0.1, 0.15) is 0 Å². The fourth-order valence-electron chi connectivity index (χ4n) is 2.66. The van der Waals surface area contributed by atoms with E-state index < -0.39 is 0 Å². The lowest BCUT2D eigenvalue weighted by Crippen LogP contribution is -2.31. The molecular weight excluding hydrogens is 254 g/mol. The van der Waals surface area contributed by atoms with Crippen LogP contribution < -0.4 is 5.32 Å². The molecule has 2 aromatic rings. The molecule has 0 aliphatic heterocycles. The van der Waals surface area contributed by atoms with Crippen LogP contribution in [0.25, 0.3) is 10.9 Å². The lowest BCUT2D eigenvalue weighted by atomic mass is 10.0. The van der Waals surface area contributed by atoms with Gasteiger partial charge in [0.15, 0.2) is 5.69 Å². The fraction of sp³-hybridized carbons (Fsp3) is 0.467. The van der Waals surface area contributed by atoms with E-state index in [2.05, 4.69) is 10.4 Å². The smallest absolute Gasteiger partial charge is 0.272 e. The number of hydrogen-bond donors (Lipinski definition) is 2. The van der Waals surface area contributed by atoms with Crippen LogP contribution in [0.5, 0.6) is 0 Å². The normalized spacial score (nSPS) is 16.3. The first-order valence-corrected chi connectivity index (χ1v) is 6.96. The summed E-state index contributed by atoms with van der Waals surface area (Å²) in [6.07, 6.45) is 2.92. The predicted molar refractivity (Wildman–Crippen MR) is 76.4 cm³/mol. The van der Waals surface area contributed by atoms with Crippen molar-refractivity contribution in [2.75, 3.05) is 13.2 Å². The minimum atomic E-state index is -0.133. The molecule has 1 heterocycles. The summed E-state index contributed by atoms with van der Waals surface area (Å²) < 4.78 is 1.73. The van der Waals surface area contributed by atoms with Gasteiger partial charge in [0.2, 0.25) is 0 Å². The molecule has 5 nitrogen and oxygen atoms in total. The molecule has 0 saturated heterocycles. The topological polar surface area (TPSA) is 67.2 Å². The number of rotatable bonds is 5. The number of carbonyl (C=O) groups is 1. The zero-order valence-corrected chi connectivity index (χ0v) is 11.6. The number of para-hydroxylation sites is 1. The number of aryl methyl sites for hydroxylation is 1. The second-order valence-corrected chi connectivity index (χ2v) is 5.65. The summed E-state index contributed by atoms with van der Waals surface area (Å²) in [5.74, 6) is -0.133. The molecule has 3 rings (SSSR count). The van der Waals surface area contributed by atoms with Gasteiger partial charge in [0, 0.05) is 25.6 Å². The van der Waals surface area contributed by atoms with Crippen molar-refractivity contribution in [3.05, 3.63) is 30.0 Å². The van der Waals surface area contributed by atoms with Gasteiger partial charge >= 0.3 is 0 Å². The molecule has 0 unspecified atom stereocenters. The zero-order chi connectivity index (χ0) is 14.2. The van der Waals surface area contributed by atoms with E-state index in [9.17, 15) is 4.79 Å². The highest BCUT2D eigenvalue weighted by molar-refractivity contribution is 6.04. The second kappa shape index (κ2) is 4.90. The Kier molecular flexibility index (Phi) is 3.22. The van der Waals surface area contributed by atoms with Gasteiger partial charge in [0.25, 0.3) is 5.91 Å². The minimum absolute atomic E-state index is 0.120. The van der Waals surface area contributed by atoms with Crippen LogP contribution in [0.15, 0.2) is 24.3 Å². The summed E-state index contributed by atoms with van der Waals surface area (Å²) in [5.41, 5.74) is 1.55. The number of aromatic nitrogens is 2. The molecule has 20 heavy (non-hydrogen) atoms. The summed E-state index contributed by atoms with van der Waals surface area (Å²) >= 11 is 0. The molecule has 1 aliphatic rings. The van der Waals surface area contributed by atoms with Crippen molar-refractivity contribution in [2.24, 2.45) is 12.5 Å². The largest absolute Gasteiger partial charge is 0.396 e. The quantitative estimate of drug-likeness (QED) is 0.867. The highest BCUT2D eigenvalue weighted by Gasteiger charge is 2.42. The molecule has 1 aliphatic carbocycles. The summed E-state index contributed by atoms with van der Waals surface area (Å²) in [6.45, 7) is 0.805. The maximum atomic E-state index is 12.3. The summed E-state index contributed by atoms with van der Waals surface area (Å²) in [5, 5.41) is 17.2. The molecular formula is C15H19N3O2. The van der Waals surface area contributed by atoms with Gasteiger partial charge in [-0.15, -0.1) is 0 Å². The predicted octanol–water partition coefficient (Wildman–Crippen LogP) is 1.47. The van der Waals surface area contributed by atoms with Gasteiger partial charge in [0.05, 0.1) is 5.52 Å². The zero-order valence-electron chi connectivity index (χ0n) is 11.6. The number of nitrogens with zero attached hydrogens (tertiary/aromatic N) is 2. The van der Waals surface area contributed by atoms with Crippen molar-refractivity contribution in [3.8, 4) is 0 Å². The van der Waals surface area contributed by atoms with E-state index in [1.54, 1.807) is 4.68 Å². The first-order chi connectivity index (χ1) is 9.65. The number of aliphatic hydroxyl groups excluding tert-OH is 1. The molecule has 106 valence electrons. The minimum Gasteiger partial charge on any atom is -0.396 e. The molecule has 0 radical (unpaired) electrons. The van der Waals surface area contributed by atoms with Gasteiger partial charge in [-0.1, -0.05) is 18.2 Å². The van der Waals surface area contributed by atoms with Crippen LogP contribution in [-0.4, -0.2) is 33.9 Å². The van der Waals surface area contributed by atoms with Crippen LogP contribution in [-0.2, 0) is 7.05 Å². The summed E-state index contributed by atoms with van der Waals surface area (Å²) in [6, 6.07) is 7.71. The van der Waals surface area contributed by atoms with Gasteiger partial charge in [-0.2, -0.15) is 5.10 Å². The Balaban J connectivity index is 1.76. The number of hydrogen-bond acceptors (Lipinski definition) is 3. The maximum Gasteiger partial charge on any atom is 0.272 e. The molecule has 1 saturated carbocycles. The van der Waals surface area contributed by atoms with E-state index in [4.69, 9.17) is 5.11 Å². The Morgan fingerprint density at radius 3 is 2.90 bits per heavy atom. The van der Waals surface area contributed by atoms with Crippen molar-refractivity contribution in [1.29, 1.82) is 0 Å². The fourth-order valence-corrected chi connectivity index (χ4v) is 2.66. The standard InChI is InChI=1S/C15H19N3O2/c1-18-12-5-3-2-4-11(12)13(17-18)14(20)16-10-15(6-7-15)8-9-19/h2-5,19H,6-10H2,1H3,(H,16,20). The molecule has 0 atom stereocenters. The Morgan fingerprint density at radius 2 is 2.20 bits per heavy atom. The van der Waals surface area contributed by atoms with Gasteiger partial charge in [-0.3, -0.25) is 9.48 Å². The highest BCUT2D eigenvalue weighted by atomic mass is 16.3. The molecule has 0 bridgehead atoms. The van der Waals surface area contributed by atoms with E-state index in [1.807, 2.05) is 31.3 Å². The Hall–Kier alpha value is -1.88. The molecule has 1 fully saturated rings. The summed E-state index contributed by atoms with van der Waals surface area (Å²) in [7, 11) is 1.84. The third-order valence-electron chi connectivity index (χ3n) is 4.20. The van der Waals surface area contributed by atoms with Gasteiger partial charge < -0.3 is 10.4 Å². The Morgan fingerprint density at radius 1 is 1.45 bits per heavy atom. The van der Waals surface area contributed by atoms with Crippen LogP contribution >= 0.6 is 0 Å². The number of amides is 1. The van der Waals surface area contributed by atoms with Crippen molar-refractivity contribution in [3.63, 3.8) is 0 Å². The molecule has 5 heteroatoms. The van der Waals surface area contributed by atoms with E-state index in [0.29, 0.717) is 12.2 Å². The van der Waals surface area contributed by atoms with Crippen molar-refractivity contribution >= 4 is 16.8 Å². The average Bonchev–Trinajstić information content (AvgIpc) is 3.14. The molecule has 0 spiro atoms. The van der Waals surface area contributed by atoms with E-state index in [1.165, 1.54) is 0 Å². The molecule has 1 aromatic heterocycles. The van der Waals surface area contributed by atoms with Crippen LogP contribution in [0.1, 0.15) is 29.8 Å². The van der Waals surface area contributed by atoms with E-state index in [-0.39, 0.29) is 17.9 Å². The van der Waals surface area contributed by atoms with Crippen LogP contribution in [0.4, 0.5) is 0 Å². The average molecular weight is 273 g/mol. The SMILES string of the molecule is Cn1nc(C(=O)NCC2(CCO)CC2)c2ccccc21. The summed E-state index contributed by atoms with van der Waals surface area (Å²) in [4.78, 5) is 12.3. The molecule has 1 amide bonds. The Labute approximate surface area is 117 Å². The van der Waals surface area contributed by atoms with Crippen molar-refractivity contribution < 1.29 is 9.90 Å².